The second-order valence-corrected chi connectivity index (χ2v) is 7.41. The highest BCUT2D eigenvalue weighted by atomic mass is 79.9. The third-order valence-electron chi connectivity index (χ3n) is 2.97. The lowest BCUT2D eigenvalue weighted by atomic mass is 10.1. The zero-order valence-corrected chi connectivity index (χ0v) is 14.6. The van der Waals surface area contributed by atoms with Crippen LogP contribution in [-0.2, 0) is 11.1 Å². The van der Waals surface area contributed by atoms with Crippen molar-refractivity contribution in [1.29, 1.82) is 0 Å². The molecule has 2 rings (SSSR count). The van der Waals surface area contributed by atoms with Gasteiger partial charge in [-0.1, -0.05) is 15.9 Å². The van der Waals surface area contributed by atoms with Crippen LogP contribution in [0.4, 0.5) is 0 Å². The first-order chi connectivity index (χ1) is 9.68. The van der Waals surface area contributed by atoms with E-state index in [-0.39, 0.29) is 19.0 Å². The standard InChI is InChI=1S/C11H13BrN3O5P.ClH/c1-5(21(18,19)20)13-4-6-2-7(12)3-8-9(6)15-11(17)10(16)14-8;/h2-3,5,13H,4H2,1H3,(H,14,16)(H,15,17)(H2,18,19,20);1H/t5-;/m1./s1. The minimum absolute atomic E-state index is 0. The Labute approximate surface area is 139 Å². The van der Waals surface area contributed by atoms with Gasteiger partial charge in [-0.2, -0.15) is 0 Å². The average molecular weight is 415 g/mol. The Morgan fingerprint density at radius 3 is 2.45 bits per heavy atom. The van der Waals surface area contributed by atoms with Crippen molar-refractivity contribution >= 4 is 47.0 Å². The number of aromatic nitrogens is 2. The van der Waals surface area contributed by atoms with Gasteiger partial charge in [0.2, 0.25) is 0 Å². The normalized spacial score (nSPS) is 12.9. The molecule has 2 aromatic rings. The lowest BCUT2D eigenvalue weighted by Crippen LogP contribution is -2.30. The van der Waals surface area contributed by atoms with Gasteiger partial charge in [0.25, 0.3) is 0 Å². The number of benzene rings is 1. The predicted octanol–water partition coefficient (Wildman–Crippen LogP) is 1.01. The Morgan fingerprint density at radius 1 is 1.27 bits per heavy atom. The number of nitrogens with one attached hydrogen (secondary N) is 3. The van der Waals surface area contributed by atoms with Gasteiger partial charge < -0.3 is 19.8 Å². The highest BCUT2D eigenvalue weighted by Crippen LogP contribution is 2.39. The summed E-state index contributed by atoms with van der Waals surface area (Å²) in [6.45, 7) is 1.48. The number of H-pyrrole nitrogens is 2. The van der Waals surface area contributed by atoms with Crippen LogP contribution in [0.1, 0.15) is 12.5 Å². The molecule has 1 aromatic carbocycles. The second-order valence-electron chi connectivity index (χ2n) is 4.54. The van der Waals surface area contributed by atoms with Crippen LogP contribution in [0.2, 0.25) is 0 Å². The van der Waals surface area contributed by atoms with Crippen molar-refractivity contribution in [1.82, 2.24) is 15.3 Å². The van der Waals surface area contributed by atoms with Crippen molar-refractivity contribution < 1.29 is 14.4 Å². The predicted molar refractivity (Wildman–Crippen MR) is 88.5 cm³/mol. The first kappa shape index (κ1) is 19.1. The molecule has 11 heteroatoms. The quantitative estimate of drug-likeness (QED) is 0.374. The zero-order valence-electron chi connectivity index (χ0n) is 11.3. The summed E-state index contributed by atoms with van der Waals surface area (Å²) in [5.74, 6) is -1.03. The molecule has 5 N–H and O–H groups in total. The molecule has 0 fully saturated rings. The van der Waals surface area contributed by atoms with Gasteiger partial charge in [0.1, 0.15) is 5.78 Å². The summed E-state index contributed by atoms with van der Waals surface area (Å²) in [5, 5.41) is 2.69. The van der Waals surface area contributed by atoms with Crippen LogP contribution in [0, 0.1) is 0 Å². The van der Waals surface area contributed by atoms with Gasteiger partial charge in [-0.05, 0) is 24.6 Å². The maximum absolute atomic E-state index is 11.4. The van der Waals surface area contributed by atoms with E-state index in [1.807, 2.05) is 0 Å². The number of hydrogen-bond donors (Lipinski definition) is 5. The molecule has 22 heavy (non-hydrogen) atoms. The Bertz CT molecular complexity index is 846. The van der Waals surface area contributed by atoms with E-state index in [4.69, 9.17) is 9.79 Å². The smallest absolute Gasteiger partial charge is 0.323 e. The van der Waals surface area contributed by atoms with Crippen molar-refractivity contribution in [2.75, 3.05) is 0 Å². The number of aromatic amines is 2. The third-order valence-corrected chi connectivity index (χ3v) is 4.62. The molecule has 0 amide bonds. The first-order valence-electron chi connectivity index (χ1n) is 5.92. The molecular formula is C11H14BrClN3O5P. The lowest BCUT2D eigenvalue weighted by Gasteiger charge is -2.16. The van der Waals surface area contributed by atoms with Gasteiger partial charge in [0.05, 0.1) is 11.0 Å². The number of fused-ring (bicyclic) bond motifs is 1. The van der Waals surface area contributed by atoms with Crippen molar-refractivity contribution in [2.24, 2.45) is 0 Å². The van der Waals surface area contributed by atoms with Gasteiger partial charge in [0, 0.05) is 11.0 Å². The molecule has 1 heterocycles. The van der Waals surface area contributed by atoms with Gasteiger partial charge in [-0.25, -0.2) is 0 Å². The summed E-state index contributed by atoms with van der Waals surface area (Å²) in [5.41, 5.74) is -0.118. The second kappa shape index (κ2) is 7.08. The topological polar surface area (TPSA) is 135 Å². The fraction of sp³-hybridized carbons (Fsp3) is 0.273. The van der Waals surface area contributed by atoms with Crippen LogP contribution in [-0.4, -0.2) is 25.5 Å². The van der Waals surface area contributed by atoms with Gasteiger partial charge in [-0.15, -0.1) is 12.4 Å². The fourth-order valence-corrected chi connectivity index (χ4v) is 2.61. The summed E-state index contributed by atoms with van der Waals surface area (Å²) in [6, 6.07) is 3.32. The maximum Gasteiger partial charge on any atom is 0.342 e. The van der Waals surface area contributed by atoms with Crippen LogP contribution < -0.4 is 16.4 Å². The minimum atomic E-state index is -4.24. The molecule has 8 nitrogen and oxygen atoms in total. The molecule has 0 aliphatic rings. The Morgan fingerprint density at radius 2 is 1.86 bits per heavy atom. The van der Waals surface area contributed by atoms with E-state index in [1.165, 1.54) is 6.92 Å². The van der Waals surface area contributed by atoms with E-state index in [0.717, 1.165) is 0 Å². The largest absolute Gasteiger partial charge is 0.342 e. The van der Waals surface area contributed by atoms with E-state index in [9.17, 15) is 14.2 Å². The summed E-state index contributed by atoms with van der Waals surface area (Å²) in [7, 11) is -4.24. The van der Waals surface area contributed by atoms with Gasteiger partial charge in [0.15, 0.2) is 0 Å². The number of hydrogen-bond acceptors (Lipinski definition) is 4. The number of halogens is 2. The third kappa shape index (κ3) is 4.28. The zero-order chi connectivity index (χ0) is 15.8. The molecule has 1 atom stereocenters. The molecule has 122 valence electrons. The summed E-state index contributed by atoms with van der Waals surface area (Å²) < 4.78 is 11.8. The van der Waals surface area contributed by atoms with E-state index in [0.29, 0.717) is 21.1 Å². The molecule has 0 aliphatic carbocycles. The molecule has 0 radical (unpaired) electrons. The highest BCUT2D eigenvalue weighted by Gasteiger charge is 2.23. The van der Waals surface area contributed by atoms with E-state index in [2.05, 4.69) is 31.2 Å². The summed E-state index contributed by atoms with van der Waals surface area (Å²) in [4.78, 5) is 45.7. The van der Waals surface area contributed by atoms with Crippen molar-refractivity contribution in [2.45, 2.75) is 19.3 Å². The lowest BCUT2D eigenvalue weighted by molar-refractivity contribution is 0.350. The van der Waals surface area contributed by atoms with Crippen LogP contribution in [0.15, 0.2) is 26.2 Å². The van der Waals surface area contributed by atoms with Crippen LogP contribution >= 0.6 is 35.9 Å². The van der Waals surface area contributed by atoms with E-state index in [1.54, 1.807) is 12.1 Å². The Balaban J connectivity index is 0.00000242. The SMILES string of the molecule is C[C@H](NCc1cc(Br)cc2[nH]c(=O)c(=O)[nH]c12)P(=O)(O)O.Cl. The fourth-order valence-electron chi connectivity index (χ4n) is 1.77. The monoisotopic (exact) mass is 413 g/mol. The van der Waals surface area contributed by atoms with Gasteiger partial charge in [-0.3, -0.25) is 19.5 Å². The summed E-state index contributed by atoms with van der Waals surface area (Å²) >= 11 is 3.28. The van der Waals surface area contributed by atoms with Crippen molar-refractivity contribution in [3.63, 3.8) is 0 Å². The molecule has 0 saturated carbocycles. The average Bonchev–Trinajstić information content (AvgIpc) is 2.36. The maximum atomic E-state index is 11.4. The molecule has 0 bridgehead atoms. The van der Waals surface area contributed by atoms with Crippen LogP contribution in [0.5, 0.6) is 0 Å². The van der Waals surface area contributed by atoms with E-state index >= 15 is 0 Å². The summed E-state index contributed by atoms with van der Waals surface area (Å²) in [6.07, 6.45) is 0. The number of rotatable bonds is 4. The molecular weight excluding hydrogens is 400 g/mol. The van der Waals surface area contributed by atoms with Crippen LogP contribution in [0.3, 0.4) is 0 Å². The first-order valence-corrected chi connectivity index (χ1v) is 8.39. The Kier molecular flexibility index (Phi) is 6.14. The Hall–Kier alpha value is -0.960. The van der Waals surface area contributed by atoms with Gasteiger partial charge >= 0.3 is 18.7 Å². The molecule has 1 aromatic heterocycles. The van der Waals surface area contributed by atoms with Crippen LogP contribution in [0.25, 0.3) is 11.0 Å². The minimum Gasteiger partial charge on any atom is -0.323 e. The molecule has 0 spiro atoms. The molecule has 0 saturated heterocycles. The molecule has 0 aliphatic heterocycles. The van der Waals surface area contributed by atoms with Crippen molar-refractivity contribution in [3.05, 3.63) is 42.9 Å². The van der Waals surface area contributed by atoms with E-state index < -0.39 is 24.5 Å². The highest BCUT2D eigenvalue weighted by molar-refractivity contribution is 9.10. The molecule has 0 unspecified atom stereocenters. The van der Waals surface area contributed by atoms with Crippen molar-refractivity contribution in [3.8, 4) is 0 Å².